The van der Waals surface area contributed by atoms with Crippen molar-refractivity contribution >= 4 is 22.6 Å². The first-order chi connectivity index (χ1) is 9.54. The first-order valence-corrected chi connectivity index (χ1v) is 6.24. The number of aliphatic hydroxyl groups is 1. The second-order valence-electron chi connectivity index (χ2n) is 4.41. The zero-order valence-electron chi connectivity index (χ0n) is 10.1. The van der Waals surface area contributed by atoms with Crippen LogP contribution in [0.15, 0.2) is 46.9 Å². The summed E-state index contributed by atoms with van der Waals surface area (Å²) in [5, 5.41) is 10.7. The summed E-state index contributed by atoms with van der Waals surface area (Å²) in [6, 6.07) is 9.57. The predicted molar refractivity (Wildman–Crippen MR) is 71.6 cm³/mol. The molecular weight excluding hydrogens is 286 g/mol. The van der Waals surface area contributed by atoms with Gasteiger partial charge in [0, 0.05) is 5.39 Å². The molecule has 2 nitrogen and oxygen atoms in total. The van der Waals surface area contributed by atoms with Gasteiger partial charge in [0.25, 0.3) is 0 Å². The fourth-order valence-electron chi connectivity index (χ4n) is 2.02. The zero-order valence-corrected chi connectivity index (χ0v) is 10.9. The van der Waals surface area contributed by atoms with Crippen molar-refractivity contribution in [1.82, 2.24) is 0 Å². The molecule has 0 aliphatic rings. The SMILES string of the molecule is OC(c1ccc(Cl)c(F)c1)c1cc2cc(F)ccc2o1. The molecule has 0 bridgehead atoms. The molecule has 1 heterocycles. The van der Waals surface area contributed by atoms with Crippen molar-refractivity contribution in [3.05, 3.63) is 70.4 Å². The lowest BCUT2D eigenvalue weighted by Gasteiger charge is -2.08. The third kappa shape index (κ3) is 2.28. The highest BCUT2D eigenvalue weighted by Crippen LogP contribution is 2.30. The molecule has 0 radical (unpaired) electrons. The van der Waals surface area contributed by atoms with Crippen LogP contribution in [0, 0.1) is 11.6 Å². The maximum Gasteiger partial charge on any atom is 0.142 e. The lowest BCUT2D eigenvalue weighted by Crippen LogP contribution is -1.98. The average molecular weight is 295 g/mol. The van der Waals surface area contributed by atoms with Gasteiger partial charge in [-0.05, 0) is 42.0 Å². The Balaban J connectivity index is 2.02. The minimum atomic E-state index is -1.14. The highest BCUT2D eigenvalue weighted by Gasteiger charge is 2.17. The van der Waals surface area contributed by atoms with Gasteiger partial charge >= 0.3 is 0 Å². The summed E-state index contributed by atoms with van der Waals surface area (Å²) in [6.45, 7) is 0. The highest BCUT2D eigenvalue weighted by atomic mass is 35.5. The molecule has 0 aliphatic heterocycles. The minimum absolute atomic E-state index is 0.0207. The largest absolute Gasteiger partial charge is 0.458 e. The van der Waals surface area contributed by atoms with E-state index in [0.717, 1.165) is 6.07 Å². The summed E-state index contributed by atoms with van der Waals surface area (Å²) >= 11 is 5.59. The van der Waals surface area contributed by atoms with Gasteiger partial charge in [0.05, 0.1) is 5.02 Å². The van der Waals surface area contributed by atoms with E-state index in [1.807, 2.05) is 0 Å². The summed E-state index contributed by atoms with van der Waals surface area (Å²) in [5.41, 5.74) is 0.765. The van der Waals surface area contributed by atoms with E-state index in [4.69, 9.17) is 16.0 Å². The van der Waals surface area contributed by atoms with Gasteiger partial charge in [-0.1, -0.05) is 17.7 Å². The average Bonchev–Trinajstić information content (AvgIpc) is 2.84. The van der Waals surface area contributed by atoms with Crippen LogP contribution in [0.3, 0.4) is 0 Å². The number of hydrogen-bond acceptors (Lipinski definition) is 2. The zero-order chi connectivity index (χ0) is 14.3. The smallest absolute Gasteiger partial charge is 0.142 e. The molecule has 1 N–H and O–H groups in total. The molecule has 1 unspecified atom stereocenters. The molecule has 0 saturated heterocycles. The normalized spacial score (nSPS) is 12.8. The van der Waals surface area contributed by atoms with Gasteiger partial charge in [0.15, 0.2) is 0 Å². The first-order valence-electron chi connectivity index (χ1n) is 5.86. The van der Waals surface area contributed by atoms with Crippen molar-refractivity contribution in [3.63, 3.8) is 0 Å². The Hall–Kier alpha value is -1.91. The summed E-state index contributed by atoms with van der Waals surface area (Å²) in [7, 11) is 0. The summed E-state index contributed by atoms with van der Waals surface area (Å²) in [5.74, 6) is -0.797. The molecule has 0 amide bonds. The van der Waals surface area contributed by atoms with Gasteiger partial charge in [-0.25, -0.2) is 8.78 Å². The molecule has 0 fully saturated rings. The van der Waals surface area contributed by atoms with Crippen LogP contribution in [0.4, 0.5) is 8.78 Å². The van der Waals surface area contributed by atoms with Crippen molar-refractivity contribution in [3.8, 4) is 0 Å². The van der Waals surface area contributed by atoms with Crippen LogP contribution in [0.25, 0.3) is 11.0 Å². The van der Waals surface area contributed by atoms with Crippen LogP contribution in [0.1, 0.15) is 17.4 Å². The van der Waals surface area contributed by atoms with Crippen LogP contribution >= 0.6 is 11.6 Å². The van der Waals surface area contributed by atoms with E-state index in [1.54, 1.807) is 0 Å². The van der Waals surface area contributed by atoms with Gasteiger partial charge < -0.3 is 9.52 Å². The quantitative estimate of drug-likeness (QED) is 0.757. The molecule has 0 aliphatic carbocycles. The number of fused-ring (bicyclic) bond motifs is 1. The van der Waals surface area contributed by atoms with Gasteiger partial charge in [0.2, 0.25) is 0 Å². The summed E-state index contributed by atoms with van der Waals surface area (Å²) in [4.78, 5) is 0. The van der Waals surface area contributed by atoms with Crippen molar-refractivity contribution in [2.24, 2.45) is 0 Å². The van der Waals surface area contributed by atoms with Gasteiger partial charge in [0.1, 0.15) is 29.1 Å². The number of rotatable bonds is 2. The molecular formula is C15H9ClF2O2. The molecule has 1 atom stereocenters. The molecule has 102 valence electrons. The van der Waals surface area contributed by atoms with Gasteiger partial charge in [-0.3, -0.25) is 0 Å². The fraction of sp³-hybridized carbons (Fsp3) is 0.0667. The lowest BCUT2D eigenvalue weighted by molar-refractivity contribution is 0.192. The molecule has 0 spiro atoms. The Bertz CT molecular complexity index is 783. The van der Waals surface area contributed by atoms with Crippen LogP contribution < -0.4 is 0 Å². The summed E-state index contributed by atoms with van der Waals surface area (Å²) in [6.07, 6.45) is -1.14. The van der Waals surface area contributed by atoms with E-state index in [9.17, 15) is 13.9 Å². The molecule has 2 aromatic carbocycles. The minimum Gasteiger partial charge on any atom is -0.458 e. The second-order valence-corrected chi connectivity index (χ2v) is 4.81. The third-order valence-electron chi connectivity index (χ3n) is 3.03. The second kappa shape index (κ2) is 4.89. The van der Waals surface area contributed by atoms with Crippen molar-refractivity contribution in [2.45, 2.75) is 6.10 Å². The van der Waals surface area contributed by atoms with Crippen LogP contribution in [0.5, 0.6) is 0 Å². The van der Waals surface area contributed by atoms with Crippen LogP contribution in [-0.2, 0) is 0 Å². The maximum atomic E-state index is 13.4. The molecule has 3 aromatic rings. The third-order valence-corrected chi connectivity index (χ3v) is 3.33. The number of benzene rings is 2. The van der Waals surface area contributed by atoms with Crippen molar-refractivity contribution < 1.29 is 18.3 Å². The number of halogens is 3. The van der Waals surface area contributed by atoms with E-state index >= 15 is 0 Å². The Morgan fingerprint density at radius 1 is 1.05 bits per heavy atom. The number of hydrogen-bond donors (Lipinski definition) is 1. The standard InChI is InChI=1S/C15H9ClF2O2/c16-11-3-1-8(6-12(11)18)15(19)14-7-9-5-10(17)2-4-13(9)20-14/h1-7,15,19H. The predicted octanol–water partition coefficient (Wildman–Crippen LogP) is 4.45. The number of furan rings is 1. The molecule has 0 saturated carbocycles. The van der Waals surface area contributed by atoms with E-state index in [-0.39, 0.29) is 10.8 Å². The first kappa shape index (κ1) is 13.1. The highest BCUT2D eigenvalue weighted by molar-refractivity contribution is 6.30. The Morgan fingerprint density at radius 3 is 2.60 bits per heavy atom. The van der Waals surface area contributed by atoms with Gasteiger partial charge in [-0.15, -0.1) is 0 Å². The Kier molecular flexibility index (Phi) is 3.20. The van der Waals surface area contributed by atoms with E-state index in [2.05, 4.69) is 0 Å². The van der Waals surface area contributed by atoms with Crippen LogP contribution in [0.2, 0.25) is 5.02 Å². The van der Waals surface area contributed by atoms with E-state index < -0.39 is 17.7 Å². The topological polar surface area (TPSA) is 33.4 Å². The van der Waals surface area contributed by atoms with Gasteiger partial charge in [-0.2, -0.15) is 0 Å². The Morgan fingerprint density at radius 2 is 1.85 bits per heavy atom. The molecule has 20 heavy (non-hydrogen) atoms. The fourth-order valence-corrected chi connectivity index (χ4v) is 2.13. The van der Waals surface area contributed by atoms with Crippen molar-refractivity contribution in [1.29, 1.82) is 0 Å². The maximum absolute atomic E-state index is 13.4. The van der Waals surface area contributed by atoms with E-state index in [0.29, 0.717) is 16.5 Å². The Labute approximate surface area is 118 Å². The molecule has 1 aromatic heterocycles. The van der Waals surface area contributed by atoms with E-state index in [1.165, 1.54) is 36.4 Å². The monoisotopic (exact) mass is 294 g/mol. The van der Waals surface area contributed by atoms with Crippen molar-refractivity contribution in [2.75, 3.05) is 0 Å². The van der Waals surface area contributed by atoms with Crippen LogP contribution in [-0.4, -0.2) is 5.11 Å². The molecule has 3 rings (SSSR count). The molecule has 5 heteroatoms. The summed E-state index contributed by atoms with van der Waals surface area (Å²) < 4.78 is 31.9. The lowest BCUT2D eigenvalue weighted by atomic mass is 10.1. The number of aliphatic hydroxyl groups excluding tert-OH is 1.